The van der Waals surface area contributed by atoms with Crippen molar-refractivity contribution >= 4 is 82.2 Å². The number of hydrogen-bond acceptors (Lipinski definition) is 1. The molecule has 1 aliphatic carbocycles. The summed E-state index contributed by atoms with van der Waals surface area (Å²) < 4.78 is 11.1. The largest absolute Gasteiger partial charge is 0.460 e. The van der Waals surface area contributed by atoms with Crippen molar-refractivity contribution in [1.29, 1.82) is 0 Å². The minimum Gasteiger partial charge on any atom is -0.460 e. The van der Waals surface area contributed by atoms with E-state index in [1.807, 2.05) is 0 Å². The molecule has 0 spiro atoms. The highest BCUT2D eigenvalue weighted by Crippen LogP contribution is 2.40. The van der Waals surface area contributed by atoms with E-state index in [4.69, 9.17) is 4.42 Å². The maximum absolute atomic E-state index is 6.33. The van der Waals surface area contributed by atoms with Crippen molar-refractivity contribution in [3.63, 3.8) is 0 Å². The van der Waals surface area contributed by atoms with E-state index >= 15 is 0 Å². The molecule has 1 aliphatic rings. The van der Waals surface area contributed by atoms with Crippen molar-refractivity contribution in [3.8, 4) is 22.5 Å². The number of nitrogens with zero attached hydrogens (tertiary/aromatic N) is 2. The summed E-state index contributed by atoms with van der Waals surface area (Å²) in [6.07, 6.45) is 6.49. The van der Waals surface area contributed by atoms with Gasteiger partial charge < -0.3 is 13.6 Å². The summed E-state index contributed by atoms with van der Waals surface area (Å²) in [5.74, 6) is 1.11. The van der Waals surface area contributed by atoms with Crippen LogP contribution in [0.15, 0.2) is 168 Å². The van der Waals surface area contributed by atoms with Crippen LogP contribution >= 0.6 is 0 Å². The molecule has 0 aliphatic heterocycles. The first kappa shape index (κ1) is 28.8. The van der Waals surface area contributed by atoms with Gasteiger partial charge in [-0.1, -0.05) is 84.9 Å². The Hall–Kier alpha value is -6.84. The summed E-state index contributed by atoms with van der Waals surface area (Å²) in [6, 6.07) is 58.1. The maximum atomic E-state index is 6.33. The predicted molar refractivity (Wildman–Crippen MR) is 223 cm³/mol. The van der Waals surface area contributed by atoms with E-state index in [0.717, 1.165) is 29.9 Å². The van der Waals surface area contributed by atoms with Crippen molar-refractivity contribution in [2.75, 3.05) is 0 Å². The van der Waals surface area contributed by atoms with Gasteiger partial charge in [0.05, 0.1) is 22.1 Å². The molecule has 3 heteroatoms. The molecular formula is C50H32N2O. The normalized spacial score (nSPS) is 13.1. The number of fused-ring (bicyclic) bond motifs is 11. The first-order valence-electron chi connectivity index (χ1n) is 18.5. The fraction of sp³-hybridized carbons (Fsp3) is 0.0400. The van der Waals surface area contributed by atoms with Crippen LogP contribution in [0.25, 0.3) is 105 Å². The molecule has 0 unspecified atom stereocenters. The smallest absolute Gasteiger partial charge is 0.135 e. The molecule has 0 amide bonds. The van der Waals surface area contributed by atoms with Crippen LogP contribution in [0.2, 0.25) is 0 Å². The lowest BCUT2D eigenvalue weighted by Crippen LogP contribution is -1.94. The lowest BCUT2D eigenvalue weighted by Gasteiger charge is -2.11. The third kappa shape index (κ3) is 4.22. The van der Waals surface area contributed by atoms with Crippen molar-refractivity contribution < 1.29 is 4.42 Å². The number of aromatic nitrogens is 2. The van der Waals surface area contributed by atoms with Crippen molar-refractivity contribution in [2.24, 2.45) is 0 Å². The zero-order chi connectivity index (χ0) is 34.6. The highest BCUT2D eigenvalue weighted by molar-refractivity contribution is 6.13. The Morgan fingerprint density at radius 2 is 1.02 bits per heavy atom. The second-order valence-electron chi connectivity index (χ2n) is 14.5. The molecule has 0 fully saturated rings. The van der Waals surface area contributed by atoms with Gasteiger partial charge in [0.15, 0.2) is 0 Å². The number of hydrogen-bond donors (Lipinski definition) is 0. The van der Waals surface area contributed by atoms with Crippen LogP contribution < -0.4 is 0 Å². The van der Waals surface area contributed by atoms with Crippen LogP contribution in [0.5, 0.6) is 0 Å². The second kappa shape index (κ2) is 10.8. The Kier molecular flexibility index (Phi) is 5.89. The van der Waals surface area contributed by atoms with E-state index in [1.165, 1.54) is 92.9 Å². The highest BCUT2D eigenvalue weighted by atomic mass is 16.3. The van der Waals surface area contributed by atoms with E-state index in [2.05, 4.69) is 179 Å². The first-order valence-corrected chi connectivity index (χ1v) is 18.5. The van der Waals surface area contributed by atoms with Gasteiger partial charge in [0.1, 0.15) is 11.3 Å². The summed E-state index contributed by atoms with van der Waals surface area (Å²) in [4.78, 5) is 0. The SMILES string of the molecule is C1=Cc2c(oc3cc4cc5cc(-n6c7ccccc7c7cc(-c8ccc9c(c8)c8ccccc8n9-c8ccccc8)ccc76)ccc5cc4cc23)CC1. The molecule has 0 radical (unpaired) electrons. The maximum Gasteiger partial charge on any atom is 0.135 e. The van der Waals surface area contributed by atoms with Gasteiger partial charge in [-0.25, -0.2) is 0 Å². The minimum absolute atomic E-state index is 0.970. The molecule has 248 valence electrons. The number of rotatable bonds is 3. The van der Waals surface area contributed by atoms with Gasteiger partial charge in [-0.3, -0.25) is 0 Å². The number of furan rings is 1. The molecule has 0 saturated heterocycles. The van der Waals surface area contributed by atoms with Gasteiger partial charge in [-0.05, 0) is 124 Å². The Balaban J connectivity index is 1.01. The number of aryl methyl sites for hydroxylation is 1. The molecule has 8 aromatic carbocycles. The Morgan fingerprint density at radius 3 is 1.75 bits per heavy atom. The quantitative estimate of drug-likeness (QED) is 0.171. The van der Waals surface area contributed by atoms with Gasteiger partial charge in [0.25, 0.3) is 0 Å². The highest BCUT2D eigenvalue weighted by Gasteiger charge is 2.18. The Morgan fingerprint density at radius 1 is 0.415 bits per heavy atom. The van der Waals surface area contributed by atoms with Crippen LogP contribution in [0.4, 0.5) is 0 Å². The van der Waals surface area contributed by atoms with Gasteiger partial charge in [-0.2, -0.15) is 0 Å². The van der Waals surface area contributed by atoms with Crippen molar-refractivity contribution in [2.45, 2.75) is 12.8 Å². The molecular weight excluding hydrogens is 645 g/mol. The van der Waals surface area contributed by atoms with Crippen LogP contribution in [-0.2, 0) is 6.42 Å². The van der Waals surface area contributed by atoms with Crippen LogP contribution in [0.1, 0.15) is 17.7 Å². The van der Waals surface area contributed by atoms with Crippen molar-refractivity contribution in [1.82, 2.24) is 9.13 Å². The van der Waals surface area contributed by atoms with Crippen LogP contribution in [-0.4, -0.2) is 9.13 Å². The van der Waals surface area contributed by atoms with Gasteiger partial charge in [0, 0.05) is 50.3 Å². The summed E-state index contributed by atoms with van der Waals surface area (Å²) >= 11 is 0. The second-order valence-corrected chi connectivity index (χ2v) is 14.5. The predicted octanol–water partition coefficient (Wildman–Crippen LogP) is 13.6. The summed E-state index contributed by atoms with van der Waals surface area (Å²) in [6.45, 7) is 0. The van der Waals surface area contributed by atoms with Gasteiger partial charge >= 0.3 is 0 Å². The van der Waals surface area contributed by atoms with Gasteiger partial charge in [-0.15, -0.1) is 0 Å². The molecule has 12 rings (SSSR count). The number of para-hydroxylation sites is 3. The molecule has 0 N–H and O–H groups in total. The van der Waals surface area contributed by atoms with E-state index in [0.29, 0.717) is 0 Å². The van der Waals surface area contributed by atoms with E-state index < -0.39 is 0 Å². The lowest BCUT2D eigenvalue weighted by atomic mass is 9.98. The molecule has 11 aromatic rings. The lowest BCUT2D eigenvalue weighted by molar-refractivity contribution is 0.546. The fourth-order valence-corrected chi connectivity index (χ4v) is 9.01. The average molecular weight is 677 g/mol. The zero-order valence-corrected chi connectivity index (χ0v) is 28.9. The molecule has 53 heavy (non-hydrogen) atoms. The van der Waals surface area contributed by atoms with Crippen LogP contribution in [0.3, 0.4) is 0 Å². The molecule has 0 saturated carbocycles. The summed E-state index contributed by atoms with van der Waals surface area (Å²) in [5.41, 5.74) is 11.8. The van der Waals surface area contributed by atoms with E-state index in [-0.39, 0.29) is 0 Å². The first-order chi connectivity index (χ1) is 26.2. The third-order valence-corrected chi connectivity index (χ3v) is 11.5. The Bertz CT molecular complexity index is 3330. The van der Waals surface area contributed by atoms with Gasteiger partial charge in [0.2, 0.25) is 0 Å². The average Bonchev–Trinajstić information content (AvgIpc) is 3.86. The summed E-state index contributed by atoms with van der Waals surface area (Å²) in [7, 11) is 0. The van der Waals surface area contributed by atoms with Crippen LogP contribution in [0, 0.1) is 0 Å². The zero-order valence-electron chi connectivity index (χ0n) is 28.9. The molecule has 0 atom stereocenters. The van der Waals surface area contributed by atoms with Crippen molar-refractivity contribution in [3.05, 3.63) is 175 Å². The number of benzene rings is 8. The summed E-state index contributed by atoms with van der Waals surface area (Å²) in [5, 5.41) is 11.1. The Labute approximate surface area is 305 Å². The minimum atomic E-state index is 0.970. The molecule has 3 nitrogen and oxygen atoms in total. The monoisotopic (exact) mass is 676 g/mol. The topological polar surface area (TPSA) is 23.0 Å². The molecule has 3 aromatic heterocycles. The third-order valence-electron chi connectivity index (χ3n) is 11.5. The fourth-order valence-electron chi connectivity index (χ4n) is 9.01. The number of allylic oxidation sites excluding steroid dienone is 1. The van der Waals surface area contributed by atoms with E-state index in [9.17, 15) is 0 Å². The standard InChI is InChI=1S/C50H32N2O/c1-2-10-37(11-3-1)51-45-15-7-4-12-39(45)42-27-32(19-22-47(42)51)33-20-23-48-43(28-33)40-13-5-8-16-46(40)52(48)38-21-18-31-24-35-29-44-41-14-6-9-17-49(41)53-50(44)30-36(35)25-34(31)26-38/h1-8,10-16,18-30H,9,17H2. The van der Waals surface area contributed by atoms with E-state index in [1.54, 1.807) is 0 Å². The molecule has 3 heterocycles. The molecule has 0 bridgehead atoms.